The van der Waals surface area contributed by atoms with Gasteiger partial charge in [-0.15, -0.1) is 0 Å². The van der Waals surface area contributed by atoms with Crippen LogP contribution in [0, 0.1) is 11.7 Å². The summed E-state index contributed by atoms with van der Waals surface area (Å²) in [4.78, 5) is 3.20. The number of rotatable bonds is 5. The van der Waals surface area contributed by atoms with Gasteiger partial charge < -0.3 is 5.11 Å². The van der Waals surface area contributed by atoms with Crippen LogP contribution < -0.4 is 4.72 Å². The number of aliphatic hydroxyl groups excluding tert-OH is 1. The lowest BCUT2D eigenvalue weighted by atomic mass is 10.1. The number of hydrogen-bond donors (Lipinski definition) is 2. The van der Waals surface area contributed by atoms with E-state index in [1.165, 1.54) is 0 Å². The third-order valence-corrected chi connectivity index (χ3v) is 3.63. The van der Waals surface area contributed by atoms with Crippen LogP contribution in [0.3, 0.4) is 0 Å². The highest BCUT2D eigenvalue weighted by atomic mass is 32.2. The zero-order chi connectivity index (χ0) is 13.1. The van der Waals surface area contributed by atoms with Gasteiger partial charge in [-0.2, -0.15) is 0 Å². The summed E-state index contributed by atoms with van der Waals surface area (Å²) < 4.78 is 38.4. The van der Waals surface area contributed by atoms with E-state index in [1.54, 1.807) is 13.8 Å². The molecule has 1 aromatic heterocycles. The van der Waals surface area contributed by atoms with Crippen molar-refractivity contribution in [1.29, 1.82) is 0 Å². The van der Waals surface area contributed by atoms with Gasteiger partial charge in [-0.1, -0.05) is 13.8 Å². The molecule has 1 unspecified atom stereocenters. The molecule has 1 rings (SSSR count). The number of nitrogens with zero attached hydrogens (tertiary/aromatic N) is 1. The Morgan fingerprint density at radius 2 is 2.12 bits per heavy atom. The minimum Gasteiger partial charge on any atom is -0.391 e. The van der Waals surface area contributed by atoms with Gasteiger partial charge in [0.2, 0.25) is 10.0 Å². The molecule has 1 aromatic rings. The van der Waals surface area contributed by atoms with E-state index in [4.69, 9.17) is 0 Å². The molecule has 1 heterocycles. The smallest absolute Gasteiger partial charge is 0.242 e. The van der Waals surface area contributed by atoms with Crippen molar-refractivity contribution in [2.45, 2.75) is 24.8 Å². The third-order valence-electron chi connectivity index (χ3n) is 2.24. The molecule has 1 atom stereocenters. The van der Waals surface area contributed by atoms with Crippen LogP contribution in [-0.4, -0.2) is 31.2 Å². The van der Waals surface area contributed by atoms with Gasteiger partial charge in [0, 0.05) is 12.7 Å². The van der Waals surface area contributed by atoms with E-state index in [-0.39, 0.29) is 17.4 Å². The lowest BCUT2D eigenvalue weighted by Gasteiger charge is -2.15. The molecule has 96 valence electrons. The average molecular weight is 262 g/mol. The predicted molar refractivity (Wildman–Crippen MR) is 60.2 cm³/mol. The van der Waals surface area contributed by atoms with E-state index < -0.39 is 21.9 Å². The Hall–Kier alpha value is -1.05. The molecule has 0 aromatic carbocycles. The molecular weight excluding hydrogens is 247 g/mol. The van der Waals surface area contributed by atoms with Gasteiger partial charge >= 0.3 is 0 Å². The maximum absolute atomic E-state index is 12.8. The van der Waals surface area contributed by atoms with Crippen molar-refractivity contribution in [1.82, 2.24) is 9.71 Å². The lowest BCUT2D eigenvalue weighted by Crippen LogP contribution is -2.34. The molecule has 7 heteroatoms. The third kappa shape index (κ3) is 4.03. The second kappa shape index (κ2) is 5.52. The highest BCUT2D eigenvalue weighted by Crippen LogP contribution is 2.09. The highest BCUT2D eigenvalue weighted by Gasteiger charge is 2.18. The summed E-state index contributed by atoms with van der Waals surface area (Å²) in [5, 5.41) is 9.47. The fourth-order valence-corrected chi connectivity index (χ4v) is 2.08. The van der Waals surface area contributed by atoms with Crippen LogP contribution in [0.5, 0.6) is 0 Å². The molecule has 5 nitrogen and oxygen atoms in total. The molecule has 0 aliphatic rings. The van der Waals surface area contributed by atoms with Crippen LogP contribution in [0.4, 0.5) is 4.39 Å². The van der Waals surface area contributed by atoms with E-state index in [0.29, 0.717) is 0 Å². The molecule has 0 aliphatic carbocycles. The van der Waals surface area contributed by atoms with Crippen LogP contribution in [-0.2, 0) is 10.0 Å². The zero-order valence-electron chi connectivity index (χ0n) is 9.59. The first-order valence-corrected chi connectivity index (χ1v) is 6.59. The molecule has 0 spiro atoms. The molecule has 0 bridgehead atoms. The van der Waals surface area contributed by atoms with E-state index in [9.17, 15) is 17.9 Å². The molecule has 0 amide bonds. The van der Waals surface area contributed by atoms with Crippen molar-refractivity contribution >= 4 is 10.0 Å². The maximum Gasteiger partial charge on any atom is 0.242 e. The summed E-state index contributed by atoms with van der Waals surface area (Å²) in [7, 11) is -3.82. The predicted octanol–water partition coefficient (Wildman–Crippen LogP) is 0.516. The average Bonchev–Trinajstić information content (AvgIpc) is 2.26. The standard InChI is InChI=1S/C10H15FN2O3S/c1-7(2)10(14)6-13-17(15,16)9-3-8(11)4-12-5-9/h3-5,7,10,13-14H,6H2,1-2H3. The summed E-state index contributed by atoms with van der Waals surface area (Å²) in [6, 6.07) is 0.872. The molecule has 0 fully saturated rings. The number of pyridine rings is 1. The number of aliphatic hydroxyl groups is 1. The van der Waals surface area contributed by atoms with E-state index in [0.717, 1.165) is 18.5 Å². The summed E-state index contributed by atoms with van der Waals surface area (Å²) in [6.07, 6.45) is 1.18. The minimum absolute atomic E-state index is 0.0664. The number of nitrogens with one attached hydrogen (secondary N) is 1. The van der Waals surface area contributed by atoms with Gasteiger partial charge in [0.05, 0.1) is 12.3 Å². The van der Waals surface area contributed by atoms with Crippen LogP contribution >= 0.6 is 0 Å². The lowest BCUT2D eigenvalue weighted by molar-refractivity contribution is 0.129. The van der Waals surface area contributed by atoms with Crippen LogP contribution in [0.2, 0.25) is 0 Å². The number of hydrogen-bond acceptors (Lipinski definition) is 4. The number of halogens is 1. The van der Waals surface area contributed by atoms with Crippen molar-refractivity contribution in [2.24, 2.45) is 5.92 Å². The first-order valence-electron chi connectivity index (χ1n) is 5.11. The first kappa shape index (κ1) is 14.0. The molecule has 17 heavy (non-hydrogen) atoms. The summed E-state index contributed by atoms with van der Waals surface area (Å²) >= 11 is 0. The summed E-state index contributed by atoms with van der Waals surface area (Å²) in [5.41, 5.74) is 0. The van der Waals surface area contributed by atoms with Crippen molar-refractivity contribution in [3.63, 3.8) is 0 Å². The van der Waals surface area contributed by atoms with Gasteiger partial charge in [-0.3, -0.25) is 4.98 Å². The fraction of sp³-hybridized carbons (Fsp3) is 0.500. The molecule has 0 aliphatic heterocycles. The van der Waals surface area contributed by atoms with Crippen molar-refractivity contribution in [2.75, 3.05) is 6.54 Å². The Morgan fingerprint density at radius 3 is 2.65 bits per heavy atom. The number of aromatic nitrogens is 1. The van der Waals surface area contributed by atoms with Gasteiger partial charge in [0.1, 0.15) is 10.7 Å². The molecular formula is C10H15FN2O3S. The van der Waals surface area contributed by atoms with Crippen molar-refractivity contribution in [3.8, 4) is 0 Å². The largest absolute Gasteiger partial charge is 0.391 e. The van der Waals surface area contributed by atoms with E-state index in [1.807, 2.05) is 0 Å². The molecule has 0 saturated heterocycles. The normalized spacial score (nSPS) is 13.9. The topological polar surface area (TPSA) is 79.3 Å². The highest BCUT2D eigenvalue weighted by molar-refractivity contribution is 7.89. The minimum atomic E-state index is -3.82. The summed E-state index contributed by atoms with van der Waals surface area (Å²) in [5.74, 6) is -0.791. The molecule has 0 saturated carbocycles. The molecule has 0 radical (unpaired) electrons. The van der Waals surface area contributed by atoms with Crippen LogP contribution in [0.15, 0.2) is 23.4 Å². The maximum atomic E-state index is 12.8. The Morgan fingerprint density at radius 1 is 1.47 bits per heavy atom. The van der Waals surface area contributed by atoms with Gasteiger partial charge in [-0.05, 0) is 12.0 Å². The second-order valence-electron chi connectivity index (χ2n) is 4.00. The van der Waals surface area contributed by atoms with Crippen LogP contribution in [0.1, 0.15) is 13.8 Å². The summed E-state index contributed by atoms with van der Waals surface area (Å²) in [6.45, 7) is 3.42. The Bertz CT molecular complexity index is 476. The number of sulfonamides is 1. The fourth-order valence-electron chi connectivity index (χ4n) is 1.05. The van der Waals surface area contributed by atoms with E-state index in [2.05, 4.69) is 9.71 Å². The molecule has 2 N–H and O–H groups in total. The van der Waals surface area contributed by atoms with Crippen molar-refractivity contribution < 1.29 is 17.9 Å². The van der Waals surface area contributed by atoms with Crippen LogP contribution in [0.25, 0.3) is 0 Å². The Labute approximate surface area is 99.7 Å². The SMILES string of the molecule is CC(C)C(O)CNS(=O)(=O)c1cncc(F)c1. The van der Waals surface area contributed by atoms with Crippen molar-refractivity contribution in [3.05, 3.63) is 24.3 Å². The van der Waals surface area contributed by atoms with E-state index >= 15 is 0 Å². The Balaban J connectivity index is 2.76. The van der Waals surface area contributed by atoms with Gasteiger partial charge in [0.25, 0.3) is 0 Å². The second-order valence-corrected chi connectivity index (χ2v) is 5.77. The van der Waals surface area contributed by atoms with Gasteiger partial charge in [0.15, 0.2) is 0 Å². The Kier molecular flexibility index (Phi) is 4.55. The monoisotopic (exact) mass is 262 g/mol. The first-order chi connectivity index (χ1) is 7.83. The zero-order valence-corrected chi connectivity index (χ0v) is 10.4. The van der Waals surface area contributed by atoms with Gasteiger partial charge in [-0.25, -0.2) is 17.5 Å². The quantitative estimate of drug-likeness (QED) is 0.810.